The molecule has 1 heterocycles. The normalized spacial score (nSPS) is 11.2. The van der Waals surface area contributed by atoms with Crippen LogP contribution in [0.4, 0.5) is 5.69 Å². The van der Waals surface area contributed by atoms with Crippen LogP contribution in [0.5, 0.6) is 0 Å². The number of hydrazone groups is 1. The van der Waals surface area contributed by atoms with Gasteiger partial charge in [-0.2, -0.15) is 10.4 Å². The maximum atomic E-state index is 9.41. The molecule has 0 fully saturated rings. The van der Waals surface area contributed by atoms with E-state index < -0.39 is 0 Å². The summed E-state index contributed by atoms with van der Waals surface area (Å²) >= 11 is 13.5. The zero-order valence-electron chi connectivity index (χ0n) is 13.8. The molecule has 130 valence electrons. The predicted octanol–water partition coefficient (Wildman–Crippen LogP) is 6.02. The highest BCUT2D eigenvalue weighted by Gasteiger charge is 2.13. The van der Waals surface area contributed by atoms with E-state index in [1.807, 2.05) is 29.6 Å². The summed E-state index contributed by atoms with van der Waals surface area (Å²) in [5.41, 5.74) is 6.61. The molecule has 7 heteroatoms. The number of anilines is 1. The van der Waals surface area contributed by atoms with E-state index in [4.69, 9.17) is 23.2 Å². The quantitative estimate of drug-likeness (QED) is 0.420. The fourth-order valence-electron chi connectivity index (χ4n) is 2.26. The highest BCUT2D eigenvalue weighted by atomic mass is 35.5. The number of hydrogen-bond donors (Lipinski definition) is 1. The molecule has 0 spiro atoms. The predicted molar refractivity (Wildman–Crippen MR) is 109 cm³/mol. The van der Waals surface area contributed by atoms with Gasteiger partial charge in [-0.25, -0.2) is 4.98 Å². The molecule has 1 N–H and O–H groups in total. The number of aryl methyl sites for hydroxylation is 1. The molecule has 0 saturated heterocycles. The molecule has 3 aromatic rings. The van der Waals surface area contributed by atoms with Crippen molar-refractivity contribution in [1.82, 2.24) is 4.98 Å². The number of halogens is 2. The molecule has 1 aromatic heterocycles. The molecule has 0 radical (unpaired) electrons. The molecule has 0 unspecified atom stereocenters. The molecule has 0 atom stereocenters. The van der Waals surface area contributed by atoms with Crippen LogP contribution in [-0.4, -0.2) is 10.7 Å². The minimum atomic E-state index is 0.214. The van der Waals surface area contributed by atoms with Crippen molar-refractivity contribution in [2.24, 2.45) is 5.10 Å². The van der Waals surface area contributed by atoms with Gasteiger partial charge in [0, 0.05) is 16.0 Å². The van der Waals surface area contributed by atoms with Crippen molar-refractivity contribution in [3.8, 4) is 17.3 Å². The minimum absolute atomic E-state index is 0.214. The average molecular weight is 401 g/mol. The molecular formula is C19H14Cl2N4S. The van der Waals surface area contributed by atoms with Gasteiger partial charge in [0.05, 0.1) is 16.4 Å². The van der Waals surface area contributed by atoms with E-state index in [1.54, 1.807) is 18.2 Å². The van der Waals surface area contributed by atoms with Gasteiger partial charge >= 0.3 is 0 Å². The second-order valence-corrected chi connectivity index (χ2v) is 7.10. The van der Waals surface area contributed by atoms with E-state index >= 15 is 0 Å². The van der Waals surface area contributed by atoms with Crippen LogP contribution in [0.15, 0.2) is 52.9 Å². The number of hydrogen-bond acceptors (Lipinski definition) is 5. The standard InChI is InChI=1S/C19H14Cl2N4S/c1-2-12-3-6-14(7-4-12)24-25-17(10-22)19-23-18(11-26-19)15-8-5-13(20)9-16(15)21/h3-9,11,24H,2H2,1H3/b25-17-. The van der Waals surface area contributed by atoms with Crippen molar-refractivity contribution in [3.05, 3.63) is 68.5 Å². The maximum Gasteiger partial charge on any atom is 0.196 e. The molecule has 0 aliphatic carbocycles. The highest BCUT2D eigenvalue weighted by molar-refractivity contribution is 7.12. The van der Waals surface area contributed by atoms with Crippen molar-refractivity contribution in [3.63, 3.8) is 0 Å². The molecule has 0 bridgehead atoms. The first-order valence-corrected chi connectivity index (χ1v) is 9.48. The second-order valence-electron chi connectivity index (χ2n) is 5.40. The van der Waals surface area contributed by atoms with E-state index in [0.717, 1.165) is 17.7 Å². The van der Waals surface area contributed by atoms with Gasteiger partial charge in [0.25, 0.3) is 0 Å². The smallest absolute Gasteiger partial charge is 0.196 e. The molecule has 0 saturated carbocycles. The molecular weight excluding hydrogens is 387 g/mol. The largest absolute Gasteiger partial charge is 0.277 e. The van der Waals surface area contributed by atoms with Crippen molar-refractivity contribution in [2.45, 2.75) is 13.3 Å². The van der Waals surface area contributed by atoms with Crippen molar-refractivity contribution < 1.29 is 0 Å². The van der Waals surface area contributed by atoms with Crippen LogP contribution in [0, 0.1) is 11.3 Å². The van der Waals surface area contributed by atoms with Gasteiger partial charge in [-0.1, -0.05) is 42.3 Å². The van der Waals surface area contributed by atoms with Gasteiger partial charge in [0.1, 0.15) is 6.07 Å². The first-order chi connectivity index (χ1) is 12.6. The molecule has 0 aliphatic heterocycles. The Kier molecular flexibility index (Phi) is 5.89. The summed E-state index contributed by atoms with van der Waals surface area (Å²) in [5, 5.41) is 17.0. The Morgan fingerprint density at radius 2 is 2.00 bits per heavy atom. The van der Waals surface area contributed by atoms with Gasteiger partial charge in [0.2, 0.25) is 0 Å². The number of benzene rings is 2. The summed E-state index contributed by atoms with van der Waals surface area (Å²) in [6.07, 6.45) is 0.974. The number of rotatable bonds is 5. The van der Waals surface area contributed by atoms with Crippen LogP contribution in [0.3, 0.4) is 0 Å². The fraction of sp³-hybridized carbons (Fsp3) is 0.105. The molecule has 0 amide bonds. The Morgan fingerprint density at radius 3 is 2.65 bits per heavy atom. The zero-order valence-corrected chi connectivity index (χ0v) is 16.2. The Bertz CT molecular complexity index is 988. The molecule has 0 aliphatic rings. The van der Waals surface area contributed by atoms with Crippen LogP contribution in [0.2, 0.25) is 10.0 Å². The number of aromatic nitrogens is 1. The molecule has 2 aromatic carbocycles. The lowest BCUT2D eigenvalue weighted by molar-refractivity contribution is 1.14. The van der Waals surface area contributed by atoms with Crippen molar-refractivity contribution >= 4 is 45.9 Å². The summed E-state index contributed by atoms with van der Waals surface area (Å²) in [6.45, 7) is 2.10. The summed E-state index contributed by atoms with van der Waals surface area (Å²) in [5.74, 6) is 0. The monoisotopic (exact) mass is 400 g/mol. The highest BCUT2D eigenvalue weighted by Crippen LogP contribution is 2.31. The van der Waals surface area contributed by atoms with Crippen LogP contribution < -0.4 is 5.43 Å². The topological polar surface area (TPSA) is 61.1 Å². The van der Waals surface area contributed by atoms with E-state index in [1.165, 1.54) is 16.9 Å². The Balaban J connectivity index is 1.82. The summed E-state index contributed by atoms with van der Waals surface area (Å²) in [6, 6.07) is 15.2. The molecule has 26 heavy (non-hydrogen) atoms. The molecule has 4 nitrogen and oxygen atoms in total. The van der Waals surface area contributed by atoms with Crippen LogP contribution >= 0.6 is 34.5 Å². The van der Waals surface area contributed by atoms with Crippen LogP contribution in [-0.2, 0) is 6.42 Å². The summed E-state index contributed by atoms with van der Waals surface area (Å²) in [4.78, 5) is 4.48. The van der Waals surface area contributed by atoms with Crippen LogP contribution in [0.1, 0.15) is 17.5 Å². The van der Waals surface area contributed by atoms with E-state index in [-0.39, 0.29) is 5.71 Å². The maximum absolute atomic E-state index is 9.41. The van der Waals surface area contributed by atoms with E-state index in [9.17, 15) is 5.26 Å². The number of nitrogens with one attached hydrogen (secondary N) is 1. The van der Waals surface area contributed by atoms with Crippen LogP contribution in [0.25, 0.3) is 11.3 Å². The van der Waals surface area contributed by atoms with Gasteiger partial charge in [-0.15, -0.1) is 11.3 Å². The number of nitrogens with zero attached hydrogens (tertiary/aromatic N) is 3. The number of thiazole rings is 1. The SMILES string of the molecule is CCc1ccc(N/N=C(/C#N)c2nc(-c3ccc(Cl)cc3Cl)cs2)cc1. The van der Waals surface area contributed by atoms with Crippen molar-refractivity contribution in [1.29, 1.82) is 5.26 Å². The van der Waals surface area contributed by atoms with Gasteiger partial charge < -0.3 is 0 Å². The first-order valence-electron chi connectivity index (χ1n) is 7.84. The minimum Gasteiger partial charge on any atom is -0.277 e. The second kappa shape index (κ2) is 8.33. The van der Waals surface area contributed by atoms with Gasteiger partial charge in [-0.05, 0) is 42.3 Å². The van der Waals surface area contributed by atoms with E-state index in [0.29, 0.717) is 20.7 Å². The Morgan fingerprint density at radius 1 is 1.23 bits per heavy atom. The molecule has 3 rings (SSSR count). The fourth-order valence-corrected chi connectivity index (χ4v) is 3.52. The third kappa shape index (κ3) is 4.23. The summed E-state index contributed by atoms with van der Waals surface area (Å²) in [7, 11) is 0. The summed E-state index contributed by atoms with van der Waals surface area (Å²) < 4.78 is 0. The van der Waals surface area contributed by atoms with Crippen molar-refractivity contribution in [2.75, 3.05) is 5.43 Å². The Hall–Kier alpha value is -2.39. The Labute approximate surface area is 165 Å². The lowest BCUT2D eigenvalue weighted by Crippen LogP contribution is -2.01. The van der Waals surface area contributed by atoms with Gasteiger partial charge in [0.15, 0.2) is 10.7 Å². The third-order valence-corrected chi connectivity index (χ3v) is 5.08. The third-order valence-electron chi connectivity index (χ3n) is 3.68. The number of nitriles is 1. The lowest BCUT2D eigenvalue weighted by atomic mass is 10.2. The zero-order chi connectivity index (χ0) is 18.5. The van der Waals surface area contributed by atoms with E-state index in [2.05, 4.69) is 28.5 Å². The average Bonchev–Trinajstić information content (AvgIpc) is 3.12. The lowest BCUT2D eigenvalue weighted by Gasteiger charge is -2.02. The first kappa shape index (κ1) is 18.4. The van der Waals surface area contributed by atoms with Gasteiger partial charge in [-0.3, -0.25) is 5.43 Å².